The molecule has 0 saturated carbocycles. The van der Waals surface area contributed by atoms with Crippen LogP contribution >= 0.6 is 0 Å². The average molecular weight is 265 g/mol. The van der Waals surface area contributed by atoms with E-state index in [1.54, 1.807) is 26.2 Å². The Morgan fingerprint density at radius 2 is 2.26 bits per heavy atom. The highest BCUT2D eigenvalue weighted by Crippen LogP contribution is 2.31. The van der Waals surface area contributed by atoms with Crippen LogP contribution in [-0.2, 0) is 4.74 Å². The number of ether oxygens (including phenoxy) is 1. The van der Waals surface area contributed by atoms with Crippen LogP contribution in [0.5, 0.6) is 0 Å². The molecule has 104 valence electrons. The summed E-state index contributed by atoms with van der Waals surface area (Å²) < 4.78 is 19.1. The summed E-state index contributed by atoms with van der Waals surface area (Å²) in [6, 6.07) is 4.85. The lowest BCUT2D eigenvalue weighted by Crippen LogP contribution is -2.31. The summed E-state index contributed by atoms with van der Waals surface area (Å²) in [5, 5.41) is 9.77. The summed E-state index contributed by atoms with van der Waals surface area (Å²) >= 11 is 0. The molecule has 0 fully saturated rings. The number of anilines is 1. The Labute approximate surface area is 113 Å². The second-order valence-electron chi connectivity index (χ2n) is 4.85. The van der Waals surface area contributed by atoms with Crippen molar-refractivity contribution in [2.24, 2.45) is 0 Å². The van der Waals surface area contributed by atoms with Crippen LogP contribution in [0.2, 0.25) is 0 Å². The quantitative estimate of drug-likeness (QED) is 0.850. The molecule has 4 heteroatoms. The Morgan fingerprint density at radius 3 is 2.84 bits per heavy atom. The van der Waals surface area contributed by atoms with Crippen LogP contribution in [0.4, 0.5) is 10.1 Å². The highest BCUT2D eigenvalue weighted by Gasteiger charge is 2.20. The van der Waals surface area contributed by atoms with Crippen molar-refractivity contribution in [2.75, 3.05) is 31.7 Å². The molecule has 0 saturated heterocycles. The largest absolute Gasteiger partial charge is 0.389 e. The molecule has 1 aliphatic heterocycles. The van der Waals surface area contributed by atoms with E-state index in [4.69, 9.17) is 4.74 Å². The first-order valence-corrected chi connectivity index (χ1v) is 6.51. The zero-order valence-corrected chi connectivity index (χ0v) is 11.4. The van der Waals surface area contributed by atoms with Gasteiger partial charge < -0.3 is 14.7 Å². The van der Waals surface area contributed by atoms with Crippen molar-refractivity contribution >= 4 is 5.69 Å². The van der Waals surface area contributed by atoms with Crippen LogP contribution in [0, 0.1) is 5.82 Å². The zero-order chi connectivity index (χ0) is 13.8. The van der Waals surface area contributed by atoms with E-state index in [0.717, 1.165) is 13.0 Å². The summed E-state index contributed by atoms with van der Waals surface area (Å²) in [5.74, 6) is -0.276. The van der Waals surface area contributed by atoms with E-state index in [1.165, 1.54) is 11.6 Å². The fourth-order valence-electron chi connectivity index (χ4n) is 2.43. The fourth-order valence-corrected chi connectivity index (χ4v) is 2.43. The molecule has 1 atom stereocenters. The van der Waals surface area contributed by atoms with Gasteiger partial charge in [0.1, 0.15) is 5.82 Å². The average Bonchev–Trinajstić information content (AvgIpc) is 2.40. The van der Waals surface area contributed by atoms with Gasteiger partial charge in [-0.25, -0.2) is 4.39 Å². The van der Waals surface area contributed by atoms with Gasteiger partial charge in [-0.1, -0.05) is 18.2 Å². The van der Waals surface area contributed by atoms with E-state index in [2.05, 4.69) is 6.08 Å². The van der Waals surface area contributed by atoms with Gasteiger partial charge in [-0.3, -0.25) is 0 Å². The zero-order valence-electron chi connectivity index (χ0n) is 11.4. The molecule has 0 bridgehead atoms. The molecule has 1 aliphatic rings. The van der Waals surface area contributed by atoms with Crippen molar-refractivity contribution in [2.45, 2.75) is 19.4 Å². The molecular formula is C15H20FNO2. The molecule has 1 aromatic rings. The Hall–Kier alpha value is -1.39. The molecule has 0 spiro atoms. The van der Waals surface area contributed by atoms with Gasteiger partial charge >= 0.3 is 0 Å². The first kappa shape index (κ1) is 14.0. The topological polar surface area (TPSA) is 32.7 Å². The maximum absolute atomic E-state index is 14.0. The van der Waals surface area contributed by atoms with Crippen molar-refractivity contribution in [1.82, 2.24) is 0 Å². The van der Waals surface area contributed by atoms with Gasteiger partial charge in [0.25, 0.3) is 0 Å². The van der Waals surface area contributed by atoms with Gasteiger partial charge in [-0.15, -0.1) is 0 Å². The minimum absolute atomic E-state index is 0.276. The molecular weight excluding hydrogens is 245 g/mol. The number of rotatable bonds is 4. The third kappa shape index (κ3) is 3.14. The number of hydrogen-bond acceptors (Lipinski definition) is 3. The fraction of sp³-hybridized carbons (Fsp3) is 0.467. The number of halogens is 1. The van der Waals surface area contributed by atoms with Gasteiger partial charge in [-0.2, -0.15) is 0 Å². The van der Waals surface area contributed by atoms with E-state index in [-0.39, 0.29) is 5.82 Å². The van der Waals surface area contributed by atoms with Crippen molar-refractivity contribution in [3.8, 4) is 0 Å². The lowest BCUT2D eigenvalue weighted by Gasteiger charge is -2.31. The number of aliphatic hydroxyl groups excluding tert-OH is 1. The minimum Gasteiger partial charge on any atom is -0.389 e. The first-order chi connectivity index (χ1) is 9.13. The Kier molecular flexibility index (Phi) is 4.56. The molecule has 19 heavy (non-hydrogen) atoms. The van der Waals surface area contributed by atoms with Gasteiger partial charge in [-0.05, 0) is 25.0 Å². The SMILES string of the molecule is COCC1=CCN(c2c(F)cccc2[C@H](C)O)CC1. The number of nitrogens with zero attached hydrogens (tertiary/aromatic N) is 1. The van der Waals surface area contributed by atoms with Gasteiger partial charge in [0.15, 0.2) is 0 Å². The monoisotopic (exact) mass is 265 g/mol. The molecule has 1 aromatic carbocycles. The number of para-hydroxylation sites is 1. The molecule has 0 unspecified atom stereocenters. The normalized spacial score (nSPS) is 17.3. The molecule has 0 radical (unpaired) electrons. The maximum Gasteiger partial charge on any atom is 0.146 e. The molecule has 3 nitrogen and oxygen atoms in total. The van der Waals surface area contributed by atoms with E-state index < -0.39 is 6.10 Å². The van der Waals surface area contributed by atoms with Gasteiger partial charge in [0.2, 0.25) is 0 Å². The van der Waals surface area contributed by atoms with Gasteiger partial charge in [0.05, 0.1) is 18.4 Å². The maximum atomic E-state index is 14.0. The van der Waals surface area contributed by atoms with Gasteiger partial charge in [0, 0.05) is 25.8 Å². The Balaban J connectivity index is 2.24. The van der Waals surface area contributed by atoms with Crippen LogP contribution in [-0.4, -0.2) is 31.9 Å². The van der Waals surface area contributed by atoms with Crippen molar-refractivity contribution in [3.05, 3.63) is 41.2 Å². The highest BCUT2D eigenvalue weighted by atomic mass is 19.1. The third-order valence-corrected chi connectivity index (χ3v) is 3.42. The van der Waals surface area contributed by atoms with E-state index in [1.807, 2.05) is 4.90 Å². The second-order valence-corrected chi connectivity index (χ2v) is 4.85. The minimum atomic E-state index is -0.671. The Morgan fingerprint density at radius 1 is 1.47 bits per heavy atom. The van der Waals surface area contributed by atoms with Crippen LogP contribution in [0.1, 0.15) is 25.0 Å². The summed E-state index contributed by atoms with van der Waals surface area (Å²) in [4.78, 5) is 1.97. The van der Waals surface area contributed by atoms with Crippen molar-refractivity contribution in [1.29, 1.82) is 0 Å². The summed E-state index contributed by atoms with van der Waals surface area (Å²) in [5.41, 5.74) is 2.41. The predicted octanol–water partition coefficient (Wildman–Crippen LogP) is 2.66. The highest BCUT2D eigenvalue weighted by molar-refractivity contribution is 5.57. The number of methoxy groups -OCH3 is 1. The molecule has 1 N–H and O–H groups in total. The summed E-state index contributed by atoms with van der Waals surface area (Å²) in [6.07, 6.45) is 2.27. The Bertz CT molecular complexity index is 471. The molecule has 0 aliphatic carbocycles. The van der Waals surface area contributed by atoms with Crippen LogP contribution in [0.15, 0.2) is 29.8 Å². The standard InChI is InChI=1S/C15H20FNO2/c1-11(18)13-4-3-5-14(16)15(13)17-8-6-12(7-9-17)10-19-2/h3-6,11,18H,7-10H2,1-2H3/t11-/m0/s1. The van der Waals surface area contributed by atoms with Crippen molar-refractivity contribution < 1.29 is 14.2 Å². The van der Waals surface area contributed by atoms with E-state index >= 15 is 0 Å². The smallest absolute Gasteiger partial charge is 0.146 e. The summed E-state index contributed by atoms with van der Waals surface area (Å²) in [6.45, 7) is 3.69. The number of hydrogen-bond donors (Lipinski definition) is 1. The lowest BCUT2D eigenvalue weighted by atomic mass is 10.0. The molecule has 1 heterocycles. The summed E-state index contributed by atoms with van der Waals surface area (Å²) in [7, 11) is 1.68. The first-order valence-electron chi connectivity index (χ1n) is 6.51. The lowest BCUT2D eigenvalue weighted by molar-refractivity contribution is 0.199. The van der Waals surface area contributed by atoms with Crippen LogP contribution < -0.4 is 4.90 Å². The van der Waals surface area contributed by atoms with Crippen LogP contribution in [0.25, 0.3) is 0 Å². The van der Waals surface area contributed by atoms with Crippen LogP contribution in [0.3, 0.4) is 0 Å². The molecule has 0 aromatic heterocycles. The van der Waals surface area contributed by atoms with E-state index in [9.17, 15) is 9.50 Å². The van der Waals surface area contributed by atoms with Crippen molar-refractivity contribution in [3.63, 3.8) is 0 Å². The number of benzene rings is 1. The second kappa shape index (κ2) is 6.17. The predicted molar refractivity (Wildman–Crippen MR) is 73.8 cm³/mol. The molecule has 0 amide bonds. The third-order valence-electron chi connectivity index (χ3n) is 3.42. The van der Waals surface area contributed by atoms with E-state index in [0.29, 0.717) is 24.4 Å². The number of aliphatic hydroxyl groups is 1. The molecule has 2 rings (SSSR count).